The van der Waals surface area contributed by atoms with Crippen LogP contribution in [0.4, 0.5) is 0 Å². The van der Waals surface area contributed by atoms with Crippen LogP contribution in [0.3, 0.4) is 0 Å². The average molecular weight is 426 g/mol. The van der Waals surface area contributed by atoms with E-state index in [1.807, 2.05) is 6.07 Å². The molecule has 0 unspecified atom stereocenters. The molecule has 0 spiro atoms. The molecule has 6 heteroatoms. The van der Waals surface area contributed by atoms with Gasteiger partial charge in [0.25, 0.3) is 0 Å². The topological polar surface area (TPSA) is 88.4 Å². The lowest BCUT2D eigenvalue weighted by Gasteiger charge is -2.42. The molecule has 0 saturated carbocycles. The van der Waals surface area contributed by atoms with Crippen molar-refractivity contribution in [1.82, 2.24) is 0 Å². The Labute approximate surface area is 183 Å². The van der Waals surface area contributed by atoms with E-state index < -0.39 is 5.97 Å². The largest absolute Gasteiger partial charge is 0.507 e. The predicted molar refractivity (Wildman–Crippen MR) is 120 cm³/mol. The number of carbonyl (C=O) groups excluding carboxylic acids is 1. The highest BCUT2D eigenvalue weighted by Gasteiger charge is 2.37. The summed E-state index contributed by atoms with van der Waals surface area (Å²) in [4.78, 5) is 11.8. The lowest BCUT2D eigenvalue weighted by molar-refractivity contribution is 0.0523. The molecule has 0 heterocycles. The number of hydrogen-bond acceptors (Lipinski definition) is 6. The maximum atomic E-state index is 11.8. The zero-order valence-electron chi connectivity index (χ0n) is 18.9. The first-order valence-corrected chi connectivity index (χ1v) is 10.6. The summed E-state index contributed by atoms with van der Waals surface area (Å²) in [5.74, 6) is -0.467. The number of carbonyl (C=O) groups is 1. The number of oxime groups is 1. The summed E-state index contributed by atoms with van der Waals surface area (Å²) in [6, 6.07) is 10.5. The number of rotatable bonds is 6. The molecule has 1 aliphatic carbocycles. The van der Waals surface area contributed by atoms with Gasteiger partial charge in [0.15, 0.2) is 0 Å². The van der Waals surface area contributed by atoms with Gasteiger partial charge in [0.2, 0.25) is 0 Å². The van der Waals surface area contributed by atoms with Crippen molar-refractivity contribution in [1.29, 1.82) is 0 Å². The molecule has 1 aliphatic rings. The quantitative estimate of drug-likeness (QED) is 0.288. The van der Waals surface area contributed by atoms with Gasteiger partial charge in [0.1, 0.15) is 29.4 Å². The third-order valence-corrected chi connectivity index (χ3v) is 6.15. The fourth-order valence-electron chi connectivity index (χ4n) is 4.07. The van der Waals surface area contributed by atoms with Gasteiger partial charge in [-0.2, -0.15) is 0 Å². The first-order chi connectivity index (χ1) is 14.6. The van der Waals surface area contributed by atoms with Crippen LogP contribution in [-0.4, -0.2) is 35.2 Å². The highest BCUT2D eigenvalue weighted by molar-refractivity contribution is 6.01. The van der Waals surface area contributed by atoms with Crippen LogP contribution in [0.5, 0.6) is 11.5 Å². The maximum absolute atomic E-state index is 11.8. The fourth-order valence-corrected chi connectivity index (χ4v) is 4.07. The fraction of sp³-hybridized carbons (Fsp3) is 0.440. The lowest BCUT2D eigenvalue weighted by Crippen LogP contribution is -2.34. The Balaban J connectivity index is 1.80. The van der Waals surface area contributed by atoms with Gasteiger partial charge >= 0.3 is 5.97 Å². The molecule has 0 fully saturated rings. The Hall–Kier alpha value is -3.02. The Kier molecular flexibility index (Phi) is 6.30. The van der Waals surface area contributed by atoms with Crippen LogP contribution < -0.4 is 4.74 Å². The van der Waals surface area contributed by atoms with E-state index in [0.717, 1.165) is 18.4 Å². The summed E-state index contributed by atoms with van der Waals surface area (Å²) in [5.41, 5.74) is 3.98. The maximum Gasteiger partial charge on any atom is 0.341 e. The predicted octanol–water partition coefficient (Wildman–Crippen LogP) is 5.18. The zero-order valence-corrected chi connectivity index (χ0v) is 18.9. The van der Waals surface area contributed by atoms with Crippen molar-refractivity contribution in [2.24, 2.45) is 5.16 Å². The summed E-state index contributed by atoms with van der Waals surface area (Å²) in [7, 11) is 0. The minimum atomic E-state index is -0.594. The van der Waals surface area contributed by atoms with Crippen molar-refractivity contribution in [3.05, 3.63) is 58.7 Å². The van der Waals surface area contributed by atoms with Crippen molar-refractivity contribution in [2.75, 3.05) is 13.2 Å². The van der Waals surface area contributed by atoms with Crippen LogP contribution >= 0.6 is 0 Å². The molecule has 0 radical (unpaired) electrons. The van der Waals surface area contributed by atoms with E-state index in [1.54, 1.807) is 13.0 Å². The minimum Gasteiger partial charge on any atom is -0.507 e. The van der Waals surface area contributed by atoms with E-state index in [-0.39, 0.29) is 35.4 Å². The van der Waals surface area contributed by atoms with Gasteiger partial charge in [-0.25, -0.2) is 4.79 Å². The van der Waals surface area contributed by atoms with E-state index in [2.05, 4.69) is 45.0 Å². The minimum absolute atomic E-state index is 0.0112. The SMILES string of the molecule is CCOC(=O)c1ccc(OC/C(=N\O)c2ccc3c(c2)C(C)(C)CCC3(C)C)cc1O. The number of phenolic OH excluding ortho intramolecular Hbond substituents is 1. The summed E-state index contributed by atoms with van der Waals surface area (Å²) in [6.07, 6.45) is 2.21. The van der Waals surface area contributed by atoms with E-state index in [0.29, 0.717) is 11.5 Å². The summed E-state index contributed by atoms with van der Waals surface area (Å²) >= 11 is 0. The number of benzene rings is 2. The zero-order chi connectivity index (χ0) is 22.8. The number of nitrogens with zero attached hydrogens (tertiary/aromatic N) is 1. The standard InChI is InChI=1S/C25H31NO5/c1-6-30-23(28)18-9-8-17(14-22(18)27)31-15-21(26-29)16-7-10-19-20(13-16)25(4,5)12-11-24(19,2)3/h7-10,13-14,27,29H,6,11-12,15H2,1-5H3/b26-21+. The lowest BCUT2D eigenvalue weighted by atomic mass is 9.63. The number of phenols is 1. The van der Waals surface area contributed by atoms with Crippen LogP contribution in [0.2, 0.25) is 0 Å². The van der Waals surface area contributed by atoms with Gasteiger partial charge in [0.05, 0.1) is 6.61 Å². The summed E-state index contributed by atoms with van der Waals surface area (Å²) < 4.78 is 10.6. The number of hydrogen-bond donors (Lipinski definition) is 2. The number of aromatic hydroxyl groups is 1. The molecule has 0 aliphatic heterocycles. The van der Waals surface area contributed by atoms with E-state index in [4.69, 9.17) is 9.47 Å². The first kappa shape index (κ1) is 22.7. The number of ether oxygens (including phenoxy) is 2. The summed E-state index contributed by atoms with van der Waals surface area (Å²) in [5, 5.41) is 23.2. The first-order valence-electron chi connectivity index (χ1n) is 10.6. The van der Waals surface area contributed by atoms with Crippen molar-refractivity contribution in [2.45, 2.75) is 58.3 Å². The molecule has 166 valence electrons. The highest BCUT2D eigenvalue weighted by Crippen LogP contribution is 2.45. The molecule has 3 rings (SSSR count). The Morgan fingerprint density at radius 2 is 1.71 bits per heavy atom. The van der Waals surface area contributed by atoms with Gasteiger partial charge in [-0.1, -0.05) is 45.0 Å². The van der Waals surface area contributed by atoms with Gasteiger partial charge in [-0.15, -0.1) is 0 Å². The van der Waals surface area contributed by atoms with Crippen LogP contribution in [0.1, 0.15) is 74.5 Å². The molecule has 0 atom stereocenters. The van der Waals surface area contributed by atoms with Crippen LogP contribution in [-0.2, 0) is 15.6 Å². The monoisotopic (exact) mass is 425 g/mol. The summed E-state index contributed by atoms with van der Waals surface area (Å²) in [6.45, 7) is 10.9. The van der Waals surface area contributed by atoms with Crippen molar-refractivity contribution < 1.29 is 24.6 Å². The third kappa shape index (κ3) is 4.68. The van der Waals surface area contributed by atoms with Crippen molar-refractivity contribution in [3.63, 3.8) is 0 Å². The van der Waals surface area contributed by atoms with Crippen LogP contribution in [0, 0.1) is 0 Å². The molecule has 31 heavy (non-hydrogen) atoms. The second kappa shape index (κ2) is 8.61. The molecule has 0 saturated heterocycles. The molecular formula is C25H31NO5. The number of fused-ring (bicyclic) bond motifs is 1. The Morgan fingerprint density at radius 1 is 1.03 bits per heavy atom. The highest BCUT2D eigenvalue weighted by atomic mass is 16.5. The Bertz CT molecular complexity index is 1010. The second-order valence-electron chi connectivity index (χ2n) is 9.26. The van der Waals surface area contributed by atoms with Crippen LogP contribution in [0.15, 0.2) is 41.6 Å². The number of esters is 1. The smallest absolute Gasteiger partial charge is 0.341 e. The molecule has 2 aromatic carbocycles. The normalized spacial score (nSPS) is 17.0. The van der Waals surface area contributed by atoms with Gasteiger partial charge < -0.3 is 19.8 Å². The molecule has 0 amide bonds. The van der Waals surface area contributed by atoms with E-state index in [9.17, 15) is 15.1 Å². The third-order valence-electron chi connectivity index (χ3n) is 6.15. The van der Waals surface area contributed by atoms with Gasteiger partial charge in [0, 0.05) is 11.6 Å². The van der Waals surface area contributed by atoms with Gasteiger partial charge in [-0.3, -0.25) is 0 Å². The van der Waals surface area contributed by atoms with E-state index >= 15 is 0 Å². The average Bonchev–Trinajstić information content (AvgIpc) is 2.72. The second-order valence-corrected chi connectivity index (χ2v) is 9.26. The molecule has 2 N–H and O–H groups in total. The molecule has 0 bridgehead atoms. The van der Waals surface area contributed by atoms with E-state index in [1.165, 1.54) is 23.3 Å². The molecule has 2 aromatic rings. The molecule has 6 nitrogen and oxygen atoms in total. The van der Waals surface area contributed by atoms with Gasteiger partial charge in [-0.05, 0) is 59.9 Å². The van der Waals surface area contributed by atoms with Crippen LogP contribution in [0.25, 0.3) is 0 Å². The van der Waals surface area contributed by atoms with Crippen molar-refractivity contribution >= 4 is 11.7 Å². The Morgan fingerprint density at radius 3 is 2.32 bits per heavy atom. The molecular weight excluding hydrogens is 394 g/mol. The molecule has 0 aromatic heterocycles. The van der Waals surface area contributed by atoms with Crippen molar-refractivity contribution in [3.8, 4) is 11.5 Å².